The zero-order valence-corrected chi connectivity index (χ0v) is 17.4. The predicted octanol–water partition coefficient (Wildman–Crippen LogP) is 3.73. The zero-order chi connectivity index (χ0) is 21.0. The maximum Gasteiger partial charge on any atom is 0.387 e. The van der Waals surface area contributed by atoms with E-state index < -0.39 is 29.1 Å². The number of carbonyl (C=O) groups is 1. The number of thiazole rings is 1. The van der Waals surface area contributed by atoms with Gasteiger partial charge in [-0.05, 0) is 23.6 Å². The van der Waals surface area contributed by atoms with Crippen LogP contribution >= 0.6 is 22.7 Å². The molecule has 0 fully saturated rings. The molecule has 2 heterocycles. The number of likely N-dealkylation sites (N-methyl/N-ethyl adjacent to an activating group) is 1. The van der Waals surface area contributed by atoms with Crippen LogP contribution in [0.3, 0.4) is 0 Å². The number of ether oxygens (including phenoxy) is 1. The second-order valence-corrected chi connectivity index (χ2v) is 9.73. The molecule has 1 aromatic carbocycles. The van der Waals surface area contributed by atoms with Crippen LogP contribution in [0, 0.1) is 0 Å². The standard InChI is InChI=1S/C17H15F2N3O4S3/c1-22(29(24,25)15-7-4-8-27-15)9-14(23)21-17-20-12(10-28-17)11-5-2-3-6-13(11)26-16(18)19/h2-8,10,16H,9H2,1H3,(H,20,21,23). The molecule has 12 heteroatoms. The second-order valence-electron chi connectivity index (χ2n) is 5.65. The van der Waals surface area contributed by atoms with Gasteiger partial charge in [0.2, 0.25) is 5.91 Å². The van der Waals surface area contributed by atoms with E-state index in [2.05, 4.69) is 15.0 Å². The van der Waals surface area contributed by atoms with E-state index in [4.69, 9.17) is 0 Å². The molecular weight excluding hydrogens is 444 g/mol. The lowest BCUT2D eigenvalue weighted by Gasteiger charge is -2.15. The van der Waals surface area contributed by atoms with Crippen LogP contribution in [0.2, 0.25) is 0 Å². The molecule has 0 atom stereocenters. The van der Waals surface area contributed by atoms with Gasteiger partial charge in [-0.2, -0.15) is 13.1 Å². The topological polar surface area (TPSA) is 88.6 Å². The van der Waals surface area contributed by atoms with Gasteiger partial charge in [0.15, 0.2) is 5.13 Å². The van der Waals surface area contributed by atoms with E-state index in [-0.39, 0.29) is 15.1 Å². The maximum absolute atomic E-state index is 12.6. The summed E-state index contributed by atoms with van der Waals surface area (Å²) in [7, 11) is -2.45. The van der Waals surface area contributed by atoms with E-state index >= 15 is 0 Å². The first kappa shape index (κ1) is 21.3. The Bertz CT molecular complexity index is 1090. The van der Waals surface area contributed by atoms with E-state index in [0.29, 0.717) is 11.3 Å². The van der Waals surface area contributed by atoms with Gasteiger partial charge in [0.05, 0.1) is 12.2 Å². The monoisotopic (exact) mass is 459 g/mol. The fourth-order valence-corrected chi connectivity index (χ4v) is 5.40. The molecule has 0 aliphatic rings. The summed E-state index contributed by atoms with van der Waals surface area (Å²) in [6.45, 7) is -3.38. The van der Waals surface area contributed by atoms with Gasteiger partial charge in [0, 0.05) is 18.0 Å². The third kappa shape index (κ3) is 5.15. The Balaban J connectivity index is 1.68. The number of halogens is 2. The van der Waals surface area contributed by atoms with Gasteiger partial charge in [-0.3, -0.25) is 4.79 Å². The molecule has 29 heavy (non-hydrogen) atoms. The molecule has 3 rings (SSSR count). The Morgan fingerprint density at radius 1 is 1.24 bits per heavy atom. The molecule has 7 nitrogen and oxygen atoms in total. The number of hydrogen-bond acceptors (Lipinski definition) is 7. The van der Waals surface area contributed by atoms with Crippen molar-refractivity contribution in [2.75, 3.05) is 18.9 Å². The first-order chi connectivity index (χ1) is 13.8. The van der Waals surface area contributed by atoms with E-state index in [1.165, 1.54) is 19.2 Å². The minimum absolute atomic E-state index is 0.0348. The lowest BCUT2D eigenvalue weighted by atomic mass is 10.1. The smallest absolute Gasteiger partial charge is 0.387 e. The van der Waals surface area contributed by atoms with Gasteiger partial charge in [-0.25, -0.2) is 13.4 Å². The number of rotatable bonds is 8. The highest BCUT2D eigenvalue weighted by Gasteiger charge is 2.24. The summed E-state index contributed by atoms with van der Waals surface area (Å²) in [6, 6.07) is 9.23. The summed E-state index contributed by atoms with van der Waals surface area (Å²) in [5, 5.41) is 5.94. The molecule has 1 N–H and O–H groups in total. The fourth-order valence-electron chi connectivity index (χ4n) is 2.34. The molecular formula is C17H15F2N3O4S3. The van der Waals surface area contributed by atoms with Crippen molar-refractivity contribution in [3.63, 3.8) is 0 Å². The number of thiophene rings is 1. The van der Waals surface area contributed by atoms with Crippen LogP contribution in [-0.4, -0.2) is 43.8 Å². The molecule has 3 aromatic rings. The zero-order valence-electron chi connectivity index (χ0n) is 14.9. The highest BCUT2D eigenvalue weighted by atomic mass is 32.2. The summed E-state index contributed by atoms with van der Waals surface area (Å²) in [4.78, 5) is 16.4. The highest BCUT2D eigenvalue weighted by Crippen LogP contribution is 2.33. The quantitative estimate of drug-likeness (QED) is 0.555. The molecule has 0 bridgehead atoms. The number of amides is 1. The number of hydrogen-bond donors (Lipinski definition) is 1. The molecule has 154 valence electrons. The van der Waals surface area contributed by atoms with Gasteiger partial charge in [-0.15, -0.1) is 22.7 Å². The number of carbonyl (C=O) groups excluding carboxylic acids is 1. The molecule has 1 amide bonds. The van der Waals surface area contributed by atoms with Crippen molar-refractivity contribution >= 4 is 43.7 Å². The SMILES string of the molecule is CN(CC(=O)Nc1nc(-c2ccccc2OC(F)F)cs1)S(=O)(=O)c1cccs1. The first-order valence-electron chi connectivity index (χ1n) is 8.07. The summed E-state index contributed by atoms with van der Waals surface area (Å²) in [5.74, 6) is -0.613. The van der Waals surface area contributed by atoms with Crippen molar-refractivity contribution in [2.45, 2.75) is 10.8 Å². The summed E-state index contributed by atoms with van der Waals surface area (Å²) in [6.07, 6.45) is 0. The molecule has 0 saturated heterocycles. The van der Waals surface area contributed by atoms with Crippen molar-refractivity contribution in [1.29, 1.82) is 0 Å². The molecule has 0 unspecified atom stereocenters. The minimum Gasteiger partial charge on any atom is -0.434 e. The number of anilines is 1. The van der Waals surface area contributed by atoms with E-state index in [0.717, 1.165) is 27.0 Å². The van der Waals surface area contributed by atoms with Crippen LogP contribution in [0.15, 0.2) is 51.4 Å². The van der Waals surface area contributed by atoms with Crippen LogP contribution in [0.1, 0.15) is 0 Å². The maximum atomic E-state index is 12.6. The van der Waals surface area contributed by atoms with Crippen LogP contribution in [0.25, 0.3) is 11.3 Å². The van der Waals surface area contributed by atoms with Crippen LogP contribution < -0.4 is 10.1 Å². The van der Waals surface area contributed by atoms with Crippen molar-refractivity contribution in [3.8, 4) is 17.0 Å². The number of alkyl halides is 2. The van der Waals surface area contributed by atoms with Crippen molar-refractivity contribution < 1.29 is 26.7 Å². The van der Waals surface area contributed by atoms with Gasteiger partial charge in [-0.1, -0.05) is 18.2 Å². The summed E-state index contributed by atoms with van der Waals surface area (Å²) >= 11 is 2.14. The Morgan fingerprint density at radius 3 is 2.69 bits per heavy atom. The molecule has 0 saturated carbocycles. The number of benzene rings is 1. The number of sulfonamides is 1. The molecule has 0 aliphatic heterocycles. The minimum atomic E-state index is -3.75. The van der Waals surface area contributed by atoms with Crippen LogP contribution in [0.5, 0.6) is 5.75 Å². The lowest BCUT2D eigenvalue weighted by molar-refractivity contribution is -0.116. The van der Waals surface area contributed by atoms with Crippen molar-refractivity contribution in [2.24, 2.45) is 0 Å². The Hall–Kier alpha value is -2.41. The van der Waals surface area contributed by atoms with Crippen LogP contribution in [0.4, 0.5) is 13.9 Å². The fraction of sp³-hybridized carbons (Fsp3) is 0.176. The number of aromatic nitrogens is 1. The number of nitrogens with zero attached hydrogens (tertiary/aromatic N) is 2. The van der Waals surface area contributed by atoms with Gasteiger partial charge < -0.3 is 10.1 Å². The lowest BCUT2D eigenvalue weighted by Crippen LogP contribution is -2.34. The van der Waals surface area contributed by atoms with Gasteiger partial charge in [0.1, 0.15) is 9.96 Å². The Labute approximate surface area is 173 Å². The molecule has 0 radical (unpaired) electrons. The third-order valence-electron chi connectivity index (χ3n) is 3.66. The summed E-state index contributed by atoms with van der Waals surface area (Å²) in [5.41, 5.74) is 0.697. The number of nitrogens with one attached hydrogen (secondary N) is 1. The van der Waals surface area contributed by atoms with E-state index in [1.54, 1.807) is 35.0 Å². The van der Waals surface area contributed by atoms with Crippen molar-refractivity contribution in [3.05, 3.63) is 47.2 Å². The first-order valence-corrected chi connectivity index (χ1v) is 11.3. The predicted molar refractivity (Wildman–Crippen MR) is 107 cm³/mol. The third-order valence-corrected chi connectivity index (χ3v) is 7.59. The van der Waals surface area contributed by atoms with Gasteiger partial charge >= 0.3 is 6.61 Å². The van der Waals surface area contributed by atoms with Crippen molar-refractivity contribution in [1.82, 2.24) is 9.29 Å². The summed E-state index contributed by atoms with van der Waals surface area (Å²) < 4.78 is 55.4. The molecule has 0 spiro atoms. The Morgan fingerprint density at radius 2 is 2.00 bits per heavy atom. The number of para-hydroxylation sites is 1. The van der Waals surface area contributed by atoms with E-state index in [9.17, 15) is 22.0 Å². The Kier molecular flexibility index (Phi) is 6.57. The van der Waals surface area contributed by atoms with E-state index in [1.807, 2.05) is 0 Å². The second kappa shape index (κ2) is 8.95. The largest absolute Gasteiger partial charge is 0.434 e. The average molecular weight is 460 g/mol. The highest BCUT2D eigenvalue weighted by molar-refractivity contribution is 7.91. The normalized spacial score (nSPS) is 11.8. The molecule has 0 aliphatic carbocycles. The average Bonchev–Trinajstić information content (AvgIpc) is 3.33. The molecule has 2 aromatic heterocycles. The van der Waals surface area contributed by atoms with Crippen LogP contribution in [-0.2, 0) is 14.8 Å². The van der Waals surface area contributed by atoms with Gasteiger partial charge in [0.25, 0.3) is 10.0 Å².